The van der Waals surface area contributed by atoms with E-state index in [1.165, 1.54) is 10.6 Å². The molecule has 19 heavy (non-hydrogen) atoms. The highest BCUT2D eigenvalue weighted by molar-refractivity contribution is 7.88. The molecule has 0 aromatic heterocycles. The van der Waals surface area contributed by atoms with E-state index in [-0.39, 0.29) is 30.0 Å². The Morgan fingerprint density at radius 3 is 2.68 bits per heavy atom. The second-order valence-corrected chi connectivity index (χ2v) is 7.70. The summed E-state index contributed by atoms with van der Waals surface area (Å²) in [4.78, 5) is 11.9. The van der Waals surface area contributed by atoms with E-state index in [9.17, 15) is 13.2 Å². The smallest absolute Gasteiger partial charge is 0.223 e. The molecular weight excluding hydrogens is 268 g/mol. The fourth-order valence-electron chi connectivity index (χ4n) is 3.07. The fraction of sp³-hybridized carbons (Fsp3) is 0.917. The molecule has 2 unspecified atom stereocenters. The molecule has 2 saturated heterocycles. The van der Waals surface area contributed by atoms with Crippen LogP contribution in [0, 0.1) is 5.92 Å². The van der Waals surface area contributed by atoms with Crippen molar-refractivity contribution in [2.45, 2.75) is 43.9 Å². The molecule has 0 aromatic carbocycles. The molecule has 6 nitrogen and oxygen atoms in total. The Morgan fingerprint density at radius 1 is 1.32 bits per heavy atom. The van der Waals surface area contributed by atoms with E-state index in [0.717, 1.165) is 25.7 Å². The average Bonchev–Trinajstić information content (AvgIpc) is 3.12. The molecule has 3 atom stereocenters. The van der Waals surface area contributed by atoms with Gasteiger partial charge in [-0.25, -0.2) is 8.42 Å². The first kappa shape index (κ1) is 13.3. The minimum Gasteiger partial charge on any atom is -0.374 e. The maximum atomic E-state index is 11.9. The van der Waals surface area contributed by atoms with Gasteiger partial charge in [-0.05, 0) is 25.7 Å². The molecule has 1 saturated carbocycles. The van der Waals surface area contributed by atoms with E-state index >= 15 is 0 Å². The maximum Gasteiger partial charge on any atom is 0.223 e. The number of nitrogens with one attached hydrogen (secondary N) is 1. The Kier molecular flexibility index (Phi) is 3.31. The molecule has 1 aliphatic carbocycles. The summed E-state index contributed by atoms with van der Waals surface area (Å²) in [7, 11) is -3.24. The number of sulfonamides is 1. The first-order valence-corrected chi connectivity index (χ1v) is 8.70. The largest absolute Gasteiger partial charge is 0.374 e. The lowest BCUT2D eigenvalue weighted by Gasteiger charge is -2.31. The van der Waals surface area contributed by atoms with E-state index in [1.54, 1.807) is 0 Å². The number of amides is 1. The number of hydrogen-bond acceptors (Lipinski definition) is 4. The standard InChI is InChI=1S/C12H20N2O4S/c1-19(16,17)14-7-9(13-12(15)8-4-5-8)11-10(14)3-2-6-18-11/h8-11H,2-7H2,1H3,(H,13,15)/t9-,10?,11?/m0/s1. The fourth-order valence-corrected chi connectivity index (χ4v) is 4.22. The number of carbonyl (C=O) groups excluding carboxylic acids is 1. The molecule has 2 heterocycles. The van der Waals surface area contributed by atoms with Crippen molar-refractivity contribution in [3.63, 3.8) is 0 Å². The molecular formula is C12H20N2O4S. The van der Waals surface area contributed by atoms with E-state index in [2.05, 4.69) is 5.32 Å². The Hall–Kier alpha value is -0.660. The quantitative estimate of drug-likeness (QED) is 0.774. The van der Waals surface area contributed by atoms with Crippen LogP contribution < -0.4 is 5.32 Å². The summed E-state index contributed by atoms with van der Waals surface area (Å²) >= 11 is 0. The van der Waals surface area contributed by atoms with Crippen LogP contribution in [0.1, 0.15) is 25.7 Å². The molecule has 3 rings (SSSR count). The lowest BCUT2D eigenvalue weighted by molar-refractivity contribution is -0.124. The number of ether oxygens (including phenoxy) is 1. The minimum atomic E-state index is -3.24. The van der Waals surface area contributed by atoms with E-state index < -0.39 is 10.0 Å². The summed E-state index contributed by atoms with van der Waals surface area (Å²) in [6.45, 7) is 0.987. The van der Waals surface area contributed by atoms with Gasteiger partial charge in [-0.15, -0.1) is 0 Å². The van der Waals surface area contributed by atoms with Gasteiger partial charge in [0.25, 0.3) is 0 Å². The number of fused-ring (bicyclic) bond motifs is 1. The predicted octanol–water partition coefficient (Wildman–Crippen LogP) is -0.296. The minimum absolute atomic E-state index is 0.0493. The van der Waals surface area contributed by atoms with Crippen molar-refractivity contribution in [1.82, 2.24) is 9.62 Å². The normalized spacial score (nSPS) is 35.9. The van der Waals surface area contributed by atoms with Crippen LogP contribution in [0.3, 0.4) is 0 Å². The van der Waals surface area contributed by atoms with Gasteiger partial charge in [-0.2, -0.15) is 4.31 Å². The number of rotatable bonds is 3. The zero-order valence-corrected chi connectivity index (χ0v) is 11.9. The Morgan fingerprint density at radius 2 is 2.05 bits per heavy atom. The van der Waals surface area contributed by atoms with Crippen molar-refractivity contribution in [1.29, 1.82) is 0 Å². The number of carbonyl (C=O) groups is 1. The summed E-state index contributed by atoms with van der Waals surface area (Å²) in [6.07, 6.45) is 4.62. The van der Waals surface area contributed by atoms with Gasteiger partial charge >= 0.3 is 0 Å². The Bertz CT molecular complexity index is 474. The molecule has 7 heteroatoms. The van der Waals surface area contributed by atoms with Gasteiger partial charge in [0.2, 0.25) is 15.9 Å². The van der Waals surface area contributed by atoms with E-state index in [4.69, 9.17) is 4.74 Å². The van der Waals surface area contributed by atoms with E-state index in [0.29, 0.717) is 13.2 Å². The second kappa shape index (κ2) is 4.71. The van der Waals surface area contributed by atoms with Crippen LogP contribution >= 0.6 is 0 Å². The maximum absolute atomic E-state index is 11.9. The van der Waals surface area contributed by atoms with Crippen LogP contribution in [0.2, 0.25) is 0 Å². The second-order valence-electron chi connectivity index (χ2n) is 5.77. The van der Waals surface area contributed by atoms with Crippen molar-refractivity contribution < 1.29 is 17.9 Å². The molecule has 0 radical (unpaired) electrons. The zero-order chi connectivity index (χ0) is 13.6. The van der Waals surface area contributed by atoms with Crippen molar-refractivity contribution in [2.24, 2.45) is 5.92 Å². The van der Waals surface area contributed by atoms with Crippen molar-refractivity contribution in [2.75, 3.05) is 19.4 Å². The van der Waals surface area contributed by atoms with Gasteiger partial charge in [0.05, 0.1) is 24.4 Å². The van der Waals surface area contributed by atoms with Gasteiger partial charge in [0, 0.05) is 19.1 Å². The highest BCUT2D eigenvalue weighted by Crippen LogP contribution is 2.33. The summed E-state index contributed by atoms with van der Waals surface area (Å²) < 4.78 is 30.9. The highest BCUT2D eigenvalue weighted by atomic mass is 32.2. The van der Waals surface area contributed by atoms with Crippen molar-refractivity contribution >= 4 is 15.9 Å². The molecule has 1 N–H and O–H groups in total. The average molecular weight is 288 g/mol. The SMILES string of the molecule is CS(=O)(=O)N1C[C@H](NC(=O)C2CC2)C2OCCCC21. The zero-order valence-electron chi connectivity index (χ0n) is 11.0. The van der Waals surface area contributed by atoms with Crippen LogP contribution in [-0.4, -0.2) is 56.2 Å². The van der Waals surface area contributed by atoms with Crippen molar-refractivity contribution in [3.05, 3.63) is 0 Å². The third-order valence-corrected chi connectivity index (χ3v) is 5.45. The number of nitrogens with zero attached hydrogens (tertiary/aromatic N) is 1. The summed E-state index contributed by atoms with van der Waals surface area (Å²) in [5.74, 6) is 0.183. The molecule has 108 valence electrons. The molecule has 0 bridgehead atoms. The molecule has 2 aliphatic heterocycles. The third kappa shape index (κ3) is 2.64. The number of hydrogen-bond donors (Lipinski definition) is 1. The molecule has 3 fully saturated rings. The van der Waals surface area contributed by atoms with Gasteiger partial charge < -0.3 is 10.1 Å². The van der Waals surface area contributed by atoms with Gasteiger partial charge in [0.1, 0.15) is 0 Å². The first-order chi connectivity index (χ1) is 8.97. The monoisotopic (exact) mass is 288 g/mol. The molecule has 0 aromatic rings. The van der Waals surface area contributed by atoms with Crippen LogP contribution in [0.4, 0.5) is 0 Å². The predicted molar refractivity (Wildman–Crippen MR) is 69.0 cm³/mol. The Labute approximate surface area is 113 Å². The Balaban J connectivity index is 1.75. The van der Waals surface area contributed by atoms with Gasteiger partial charge in [-0.1, -0.05) is 0 Å². The third-order valence-electron chi connectivity index (χ3n) is 4.18. The van der Waals surface area contributed by atoms with Crippen molar-refractivity contribution in [3.8, 4) is 0 Å². The van der Waals surface area contributed by atoms with Crippen LogP contribution in [0.15, 0.2) is 0 Å². The van der Waals surface area contributed by atoms with Crippen LogP contribution in [0.25, 0.3) is 0 Å². The lowest BCUT2D eigenvalue weighted by Crippen LogP contribution is -2.48. The van der Waals surface area contributed by atoms with Gasteiger partial charge in [0.15, 0.2) is 0 Å². The summed E-state index contributed by atoms with van der Waals surface area (Å²) in [6, 6.07) is -0.318. The first-order valence-electron chi connectivity index (χ1n) is 6.85. The summed E-state index contributed by atoms with van der Waals surface area (Å²) in [5.41, 5.74) is 0. The van der Waals surface area contributed by atoms with Gasteiger partial charge in [-0.3, -0.25) is 4.79 Å². The van der Waals surface area contributed by atoms with E-state index in [1.807, 2.05) is 0 Å². The molecule has 1 amide bonds. The topological polar surface area (TPSA) is 75.7 Å². The molecule has 3 aliphatic rings. The molecule has 0 spiro atoms. The lowest BCUT2D eigenvalue weighted by atomic mass is 10.0. The summed E-state index contributed by atoms with van der Waals surface area (Å²) in [5, 5.41) is 2.97. The van der Waals surface area contributed by atoms with Crippen LogP contribution in [0.5, 0.6) is 0 Å². The van der Waals surface area contributed by atoms with Crippen LogP contribution in [-0.2, 0) is 19.6 Å². The highest BCUT2D eigenvalue weighted by Gasteiger charge is 2.48.